The minimum Gasteiger partial charge on any atom is -0.339 e. The fourth-order valence-electron chi connectivity index (χ4n) is 3.38. The molecule has 0 spiro atoms. The SMILES string of the molecule is Cc1ccc(N(CCC#N)C(=O)C(C)Sc2ccc(C(=O)N3CCCC3)cn2)cc1. The van der Waals surface area contributed by atoms with Crippen molar-refractivity contribution in [1.82, 2.24) is 9.88 Å². The molecule has 2 aromatic rings. The molecular weight excluding hydrogens is 396 g/mol. The van der Waals surface area contributed by atoms with Crippen molar-refractivity contribution in [1.29, 1.82) is 5.26 Å². The van der Waals surface area contributed by atoms with Gasteiger partial charge in [-0.05, 0) is 51.0 Å². The minimum absolute atomic E-state index is 0.0164. The van der Waals surface area contributed by atoms with Gasteiger partial charge in [0, 0.05) is 31.5 Å². The van der Waals surface area contributed by atoms with Crippen molar-refractivity contribution in [2.75, 3.05) is 24.5 Å². The summed E-state index contributed by atoms with van der Waals surface area (Å²) in [6, 6.07) is 13.4. The molecule has 0 bridgehead atoms. The molecule has 1 aliphatic heterocycles. The van der Waals surface area contributed by atoms with E-state index in [0.29, 0.717) is 17.1 Å². The summed E-state index contributed by atoms with van der Waals surface area (Å²) in [6.07, 6.45) is 3.96. The zero-order valence-corrected chi connectivity index (χ0v) is 18.2. The van der Waals surface area contributed by atoms with Gasteiger partial charge in [0.25, 0.3) is 5.91 Å². The molecule has 1 fully saturated rings. The molecule has 3 rings (SSSR count). The van der Waals surface area contributed by atoms with Gasteiger partial charge in [0.05, 0.1) is 28.3 Å². The molecule has 0 aliphatic carbocycles. The van der Waals surface area contributed by atoms with Gasteiger partial charge in [0.2, 0.25) is 5.91 Å². The number of hydrogen-bond donors (Lipinski definition) is 0. The van der Waals surface area contributed by atoms with Crippen LogP contribution in [0.5, 0.6) is 0 Å². The maximum atomic E-state index is 13.1. The molecule has 1 atom stereocenters. The van der Waals surface area contributed by atoms with E-state index in [1.807, 2.05) is 43.0 Å². The number of nitrogens with zero attached hydrogens (tertiary/aromatic N) is 4. The predicted molar refractivity (Wildman–Crippen MR) is 118 cm³/mol. The van der Waals surface area contributed by atoms with Crippen molar-refractivity contribution in [2.45, 2.75) is 43.4 Å². The Morgan fingerprint density at radius 1 is 1.20 bits per heavy atom. The van der Waals surface area contributed by atoms with Gasteiger partial charge < -0.3 is 9.80 Å². The average Bonchev–Trinajstić information content (AvgIpc) is 3.30. The predicted octanol–water partition coefficient (Wildman–Crippen LogP) is 4.05. The molecule has 7 heteroatoms. The van der Waals surface area contributed by atoms with E-state index < -0.39 is 0 Å². The van der Waals surface area contributed by atoms with Crippen LogP contribution in [-0.2, 0) is 4.79 Å². The average molecular weight is 423 g/mol. The lowest BCUT2D eigenvalue weighted by molar-refractivity contribution is -0.117. The van der Waals surface area contributed by atoms with Crippen LogP contribution in [0, 0.1) is 18.3 Å². The lowest BCUT2D eigenvalue weighted by Gasteiger charge is -2.25. The van der Waals surface area contributed by atoms with Crippen LogP contribution in [0.3, 0.4) is 0 Å². The van der Waals surface area contributed by atoms with E-state index in [0.717, 1.165) is 37.2 Å². The normalized spacial score (nSPS) is 14.2. The van der Waals surface area contributed by atoms with Gasteiger partial charge >= 0.3 is 0 Å². The standard InChI is InChI=1S/C23H26N4O2S/c1-17-6-9-20(10-7-17)27(15-5-12-24)22(28)18(2)30-21-11-8-19(16-25-21)23(29)26-13-3-4-14-26/h6-11,16,18H,3-5,13-15H2,1-2H3. The second kappa shape index (κ2) is 10.3. The molecule has 1 aromatic carbocycles. The number of anilines is 1. The summed E-state index contributed by atoms with van der Waals surface area (Å²) in [4.78, 5) is 33.4. The molecule has 2 amide bonds. The molecule has 2 heterocycles. The zero-order valence-electron chi connectivity index (χ0n) is 17.4. The highest BCUT2D eigenvalue weighted by Crippen LogP contribution is 2.26. The van der Waals surface area contributed by atoms with Crippen molar-refractivity contribution < 1.29 is 9.59 Å². The summed E-state index contributed by atoms with van der Waals surface area (Å²) < 4.78 is 0. The monoisotopic (exact) mass is 422 g/mol. The van der Waals surface area contributed by atoms with E-state index in [4.69, 9.17) is 5.26 Å². The number of likely N-dealkylation sites (tertiary alicyclic amines) is 1. The Morgan fingerprint density at radius 3 is 2.50 bits per heavy atom. The van der Waals surface area contributed by atoms with Gasteiger partial charge in [0.1, 0.15) is 0 Å². The third-order valence-corrected chi connectivity index (χ3v) is 6.12. The van der Waals surface area contributed by atoms with E-state index in [1.165, 1.54) is 11.8 Å². The fraction of sp³-hybridized carbons (Fsp3) is 0.391. The Hall–Kier alpha value is -2.85. The smallest absolute Gasteiger partial charge is 0.255 e. The molecule has 1 saturated heterocycles. The number of aryl methyl sites for hydroxylation is 1. The Morgan fingerprint density at radius 2 is 1.90 bits per heavy atom. The number of hydrogen-bond acceptors (Lipinski definition) is 5. The first-order valence-electron chi connectivity index (χ1n) is 10.2. The summed E-state index contributed by atoms with van der Waals surface area (Å²) >= 11 is 1.35. The molecule has 0 N–H and O–H groups in total. The van der Waals surface area contributed by atoms with E-state index >= 15 is 0 Å². The number of carbonyl (C=O) groups excluding carboxylic acids is 2. The summed E-state index contributed by atoms with van der Waals surface area (Å²) in [5.41, 5.74) is 2.48. The molecule has 1 aliphatic rings. The summed E-state index contributed by atoms with van der Waals surface area (Å²) in [5.74, 6) is -0.0548. The van der Waals surface area contributed by atoms with Gasteiger partial charge in [-0.2, -0.15) is 5.26 Å². The Bertz CT molecular complexity index is 916. The highest BCUT2D eigenvalue weighted by molar-refractivity contribution is 8.00. The Labute approximate surface area is 181 Å². The number of amides is 2. The third kappa shape index (κ3) is 5.39. The Kier molecular flexibility index (Phi) is 7.47. The second-order valence-corrected chi connectivity index (χ2v) is 8.74. The van der Waals surface area contributed by atoms with E-state index in [-0.39, 0.29) is 23.5 Å². The number of pyridine rings is 1. The first-order chi connectivity index (χ1) is 14.5. The van der Waals surface area contributed by atoms with Gasteiger partial charge in [0.15, 0.2) is 0 Å². The fourth-order valence-corrected chi connectivity index (χ4v) is 4.23. The number of aromatic nitrogens is 1. The molecule has 1 unspecified atom stereocenters. The first kappa shape index (κ1) is 21.8. The number of thioether (sulfide) groups is 1. The molecule has 1 aromatic heterocycles. The maximum Gasteiger partial charge on any atom is 0.255 e. The van der Waals surface area contributed by atoms with Gasteiger partial charge in [-0.3, -0.25) is 9.59 Å². The van der Waals surface area contributed by atoms with E-state index in [2.05, 4.69) is 11.1 Å². The van der Waals surface area contributed by atoms with Crippen LogP contribution >= 0.6 is 11.8 Å². The number of rotatable bonds is 7. The topological polar surface area (TPSA) is 77.3 Å². The summed E-state index contributed by atoms with van der Waals surface area (Å²) in [5, 5.41) is 9.29. The van der Waals surface area contributed by atoms with Gasteiger partial charge in [-0.15, -0.1) is 0 Å². The van der Waals surface area contributed by atoms with Crippen molar-refractivity contribution in [3.8, 4) is 6.07 Å². The van der Waals surface area contributed by atoms with Crippen LogP contribution < -0.4 is 4.90 Å². The highest BCUT2D eigenvalue weighted by Gasteiger charge is 2.24. The van der Waals surface area contributed by atoms with Crippen molar-refractivity contribution in [2.24, 2.45) is 0 Å². The first-order valence-corrected chi connectivity index (χ1v) is 11.0. The summed E-state index contributed by atoms with van der Waals surface area (Å²) in [6.45, 7) is 5.79. The molecular formula is C23H26N4O2S. The van der Waals surface area contributed by atoms with Crippen LogP contribution in [0.2, 0.25) is 0 Å². The number of nitriles is 1. The molecule has 6 nitrogen and oxygen atoms in total. The van der Waals surface area contributed by atoms with Crippen LogP contribution in [-0.4, -0.2) is 46.6 Å². The largest absolute Gasteiger partial charge is 0.339 e. The minimum atomic E-state index is -0.377. The number of benzene rings is 1. The van der Waals surface area contributed by atoms with Crippen LogP contribution in [0.1, 0.15) is 42.1 Å². The molecule has 156 valence electrons. The van der Waals surface area contributed by atoms with Gasteiger partial charge in [-0.25, -0.2) is 4.98 Å². The van der Waals surface area contributed by atoms with Crippen molar-refractivity contribution >= 4 is 29.3 Å². The second-order valence-electron chi connectivity index (χ2n) is 7.38. The lowest BCUT2D eigenvalue weighted by Crippen LogP contribution is -2.37. The summed E-state index contributed by atoms with van der Waals surface area (Å²) in [7, 11) is 0. The third-order valence-electron chi connectivity index (χ3n) is 5.08. The van der Waals surface area contributed by atoms with Crippen molar-refractivity contribution in [3.63, 3.8) is 0 Å². The Balaban J connectivity index is 1.67. The van der Waals surface area contributed by atoms with Crippen LogP contribution in [0.25, 0.3) is 0 Å². The maximum absolute atomic E-state index is 13.1. The van der Waals surface area contributed by atoms with Crippen molar-refractivity contribution in [3.05, 3.63) is 53.7 Å². The number of carbonyl (C=O) groups is 2. The lowest BCUT2D eigenvalue weighted by atomic mass is 10.2. The molecule has 0 saturated carbocycles. The highest BCUT2D eigenvalue weighted by atomic mass is 32.2. The van der Waals surface area contributed by atoms with Crippen LogP contribution in [0.15, 0.2) is 47.6 Å². The quantitative estimate of drug-likeness (QED) is 0.629. The van der Waals surface area contributed by atoms with Gasteiger partial charge in [-0.1, -0.05) is 29.5 Å². The van der Waals surface area contributed by atoms with E-state index in [9.17, 15) is 9.59 Å². The van der Waals surface area contributed by atoms with Crippen LogP contribution in [0.4, 0.5) is 5.69 Å². The molecule has 0 radical (unpaired) electrons. The van der Waals surface area contributed by atoms with E-state index in [1.54, 1.807) is 23.2 Å². The zero-order chi connectivity index (χ0) is 21.5. The molecule has 30 heavy (non-hydrogen) atoms.